The van der Waals surface area contributed by atoms with Crippen molar-refractivity contribution in [3.63, 3.8) is 0 Å². The second-order valence-electron chi connectivity index (χ2n) is 8.82. The lowest BCUT2D eigenvalue weighted by Gasteiger charge is -2.31. The maximum Gasteiger partial charge on any atom is 0.322 e. The molecule has 5 rings (SSSR count). The van der Waals surface area contributed by atoms with Crippen molar-refractivity contribution >= 4 is 23.8 Å². The fourth-order valence-corrected chi connectivity index (χ4v) is 4.66. The molecule has 0 bridgehead atoms. The molecule has 10 nitrogen and oxygen atoms in total. The molecule has 0 spiro atoms. The molecule has 0 radical (unpaired) electrons. The zero-order valence-electron chi connectivity index (χ0n) is 19.6. The summed E-state index contributed by atoms with van der Waals surface area (Å²) in [4.78, 5) is 56.1. The van der Waals surface area contributed by atoms with Crippen LogP contribution in [0.2, 0.25) is 0 Å². The second kappa shape index (κ2) is 8.49. The number of imide groups is 1. The molecule has 4 N–H and O–H groups in total. The van der Waals surface area contributed by atoms with Crippen LogP contribution in [0.15, 0.2) is 54.6 Å². The number of nitrogens with zero attached hydrogens (tertiary/aromatic N) is 2. The monoisotopic (exact) mass is 485 g/mol. The number of carbonyl (C=O) groups is 4. The van der Waals surface area contributed by atoms with Crippen LogP contribution in [0.3, 0.4) is 0 Å². The highest BCUT2D eigenvalue weighted by Crippen LogP contribution is 2.33. The highest BCUT2D eigenvalue weighted by Gasteiger charge is 2.50. The number of pyridine rings is 1. The minimum Gasteiger partial charge on any atom is -0.497 e. The van der Waals surface area contributed by atoms with Crippen molar-refractivity contribution in [1.82, 2.24) is 20.5 Å². The number of benzene rings is 2. The van der Waals surface area contributed by atoms with Gasteiger partial charge in [0.05, 0.1) is 19.3 Å². The first-order chi connectivity index (χ1) is 17.2. The molecule has 10 heteroatoms. The van der Waals surface area contributed by atoms with E-state index in [0.29, 0.717) is 45.9 Å². The topological polar surface area (TPSA) is 144 Å². The fourth-order valence-electron chi connectivity index (χ4n) is 4.66. The van der Waals surface area contributed by atoms with Gasteiger partial charge in [0.1, 0.15) is 5.75 Å². The van der Waals surface area contributed by atoms with Crippen LogP contribution in [0.1, 0.15) is 37.5 Å². The number of urea groups is 1. The van der Waals surface area contributed by atoms with Gasteiger partial charge < -0.3 is 20.7 Å². The van der Waals surface area contributed by atoms with Gasteiger partial charge in [0.25, 0.3) is 11.8 Å². The number of rotatable bonds is 6. The number of aryl methyl sites for hydroxylation is 1. The van der Waals surface area contributed by atoms with E-state index in [-0.39, 0.29) is 12.5 Å². The molecule has 1 atom stereocenters. The Morgan fingerprint density at radius 3 is 2.50 bits per heavy atom. The molecule has 5 amide bonds. The smallest absolute Gasteiger partial charge is 0.322 e. The van der Waals surface area contributed by atoms with Crippen LogP contribution in [0, 0.1) is 6.92 Å². The number of nitrogens with two attached hydrogens (primary N) is 1. The molecule has 1 aromatic heterocycles. The predicted octanol–water partition coefficient (Wildman–Crippen LogP) is 1.86. The Kier molecular flexibility index (Phi) is 5.43. The number of hydrogen-bond acceptors (Lipinski definition) is 6. The van der Waals surface area contributed by atoms with Crippen LogP contribution in [0.25, 0.3) is 11.3 Å². The largest absolute Gasteiger partial charge is 0.497 e. The van der Waals surface area contributed by atoms with Crippen LogP contribution < -0.4 is 21.1 Å². The van der Waals surface area contributed by atoms with E-state index < -0.39 is 23.4 Å². The lowest BCUT2D eigenvalue weighted by atomic mass is 9.88. The Labute approximate surface area is 206 Å². The second-order valence-corrected chi connectivity index (χ2v) is 8.82. The van der Waals surface area contributed by atoms with Gasteiger partial charge in [-0.2, -0.15) is 0 Å². The number of methoxy groups -OCH3 is 1. The zero-order chi connectivity index (χ0) is 25.6. The van der Waals surface area contributed by atoms with E-state index in [9.17, 15) is 19.2 Å². The van der Waals surface area contributed by atoms with Crippen molar-refractivity contribution in [3.05, 3.63) is 82.5 Å². The van der Waals surface area contributed by atoms with Crippen LogP contribution >= 0.6 is 0 Å². The highest BCUT2D eigenvalue weighted by molar-refractivity contribution is 6.08. The Morgan fingerprint density at radius 2 is 1.86 bits per heavy atom. The summed E-state index contributed by atoms with van der Waals surface area (Å²) in [7, 11) is 1.52. The molecule has 1 fully saturated rings. The van der Waals surface area contributed by atoms with Gasteiger partial charge in [0, 0.05) is 28.9 Å². The minimum atomic E-state index is -1.48. The summed E-state index contributed by atoms with van der Waals surface area (Å²) in [5.74, 6) is -0.801. The number of ether oxygens (including phenoxy) is 1. The summed E-state index contributed by atoms with van der Waals surface area (Å²) >= 11 is 0. The van der Waals surface area contributed by atoms with Crippen LogP contribution in [0.5, 0.6) is 5.75 Å². The minimum absolute atomic E-state index is 0.0612. The first-order valence-corrected chi connectivity index (χ1v) is 11.2. The molecule has 1 saturated heterocycles. The lowest BCUT2D eigenvalue weighted by molar-refractivity contribution is -0.124. The number of hydrogen-bond donors (Lipinski definition) is 3. The molecule has 0 unspecified atom stereocenters. The van der Waals surface area contributed by atoms with Crippen LogP contribution in [0.4, 0.5) is 4.79 Å². The van der Waals surface area contributed by atoms with E-state index in [2.05, 4.69) is 15.6 Å². The summed E-state index contributed by atoms with van der Waals surface area (Å²) in [5, 5.41) is 5.03. The number of amides is 5. The van der Waals surface area contributed by atoms with Gasteiger partial charge in [-0.05, 0) is 42.3 Å². The van der Waals surface area contributed by atoms with Gasteiger partial charge >= 0.3 is 6.03 Å². The van der Waals surface area contributed by atoms with E-state index in [0.717, 1.165) is 5.56 Å². The Hall–Kier alpha value is -4.73. The molecule has 2 aliphatic heterocycles. The maximum atomic E-state index is 13.2. The van der Waals surface area contributed by atoms with Crippen LogP contribution in [-0.2, 0) is 16.9 Å². The summed E-state index contributed by atoms with van der Waals surface area (Å²) in [6.45, 7) is 2.00. The van der Waals surface area contributed by atoms with E-state index in [1.165, 1.54) is 12.0 Å². The van der Waals surface area contributed by atoms with Crippen molar-refractivity contribution in [1.29, 1.82) is 0 Å². The summed E-state index contributed by atoms with van der Waals surface area (Å²) in [6.07, 6.45) is 0. The van der Waals surface area contributed by atoms with Gasteiger partial charge in [0.2, 0.25) is 5.91 Å². The number of aromatic nitrogens is 1. The summed E-state index contributed by atoms with van der Waals surface area (Å²) in [5.41, 5.74) is 7.97. The van der Waals surface area contributed by atoms with Gasteiger partial charge in [-0.3, -0.25) is 24.7 Å². The summed E-state index contributed by atoms with van der Waals surface area (Å²) < 4.78 is 5.23. The molecule has 0 saturated carbocycles. The Balaban J connectivity index is 1.48. The van der Waals surface area contributed by atoms with Crippen molar-refractivity contribution < 1.29 is 23.9 Å². The van der Waals surface area contributed by atoms with E-state index in [1.807, 2.05) is 6.07 Å². The van der Waals surface area contributed by atoms with E-state index in [1.54, 1.807) is 55.5 Å². The quantitative estimate of drug-likeness (QED) is 0.455. The van der Waals surface area contributed by atoms with E-state index >= 15 is 0 Å². The van der Waals surface area contributed by atoms with Crippen molar-refractivity contribution in [2.24, 2.45) is 5.73 Å². The third-order valence-corrected chi connectivity index (χ3v) is 6.48. The average Bonchev–Trinajstić information content (AvgIpc) is 3.33. The van der Waals surface area contributed by atoms with E-state index in [4.69, 9.17) is 10.5 Å². The normalized spacial score (nSPS) is 18.6. The molecule has 3 aromatic rings. The number of primary amides is 1. The molecule has 0 aliphatic carbocycles. The number of fused-ring (bicyclic) bond motifs is 1. The highest BCUT2D eigenvalue weighted by atomic mass is 16.5. The zero-order valence-corrected chi connectivity index (χ0v) is 19.6. The molecular formula is C26H23N5O5. The average molecular weight is 486 g/mol. The fraction of sp³-hybridized carbons (Fsp3) is 0.192. The molecule has 182 valence electrons. The molecule has 36 heavy (non-hydrogen) atoms. The van der Waals surface area contributed by atoms with Crippen molar-refractivity contribution in [2.75, 3.05) is 13.7 Å². The first-order valence-electron chi connectivity index (χ1n) is 11.2. The molecule has 2 aromatic carbocycles. The third kappa shape index (κ3) is 3.82. The van der Waals surface area contributed by atoms with Crippen molar-refractivity contribution in [3.8, 4) is 17.0 Å². The Morgan fingerprint density at radius 1 is 1.11 bits per heavy atom. The standard InChI is InChI=1S/C26H23N5O5/c1-14-9-17(22(27)32)10-21(28-14)15-3-6-18(7-4-15)26(24(34)29-25(35)30-26)13-31-12-16-5-8-19(36-2)11-20(16)23(31)33/h3-11H,12-13H2,1-2H3,(H2,27,32)(H2,29,30,34,35)/t26-/m0/s1. The molecule has 2 aliphatic rings. The number of nitrogens with one attached hydrogen (secondary N) is 2. The van der Waals surface area contributed by atoms with Gasteiger partial charge in [-0.1, -0.05) is 30.3 Å². The lowest BCUT2D eigenvalue weighted by Crippen LogP contribution is -2.52. The van der Waals surface area contributed by atoms with Gasteiger partial charge in [-0.25, -0.2) is 4.79 Å². The molecule has 3 heterocycles. The predicted molar refractivity (Wildman–Crippen MR) is 129 cm³/mol. The van der Waals surface area contributed by atoms with Crippen molar-refractivity contribution in [2.45, 2.75) is 19.0 Å². The SMILES string of the molecule is COc1ccc2c(c1)C(=O)N(C[C@@]1(c3ccc(-c4cc(C(N)=O)cc(C)n4)cc3)NC(=O)NC1=O)C2. The first kappa shape index (κ1) is 23.0. The number of carbonyl (C=O) groups excluding carboxylic acids is 4. The maximum absolute atomic E-state index is 13.2. The molecular weight excluding hydrogens is 462 g/mol. The third-order valence-electron chi connectivity index (χ3n) is 6.48. The Bertz CT molecular complexity index is 1440. The van der Waals surface area contributed by atoms with Gasteiger partial charge in [-0.15, -0.1) is 0 Å². The summed E-state index contributed by atoms with van der Waals surface area (Å²) in [6, 6.07) is 14.7. The van der Waals surface area contributed by atoms with Gasteiger partial charge in [0.15, 0.2) is 5.54 Å². The van der Waals surface area contributed by atoms with Crippen LogP contribution in [-0.4, -0.2) is 47.3 Å².